The molecule has 0 radical (unpaired) electrons. The molecule has 0 bridgehead atoms. The van der Waals surface area contributed by atoms with Crippen LogP contribution >= 0.6 is 23.7 Å². The summed E-state index contributed by atoms with van der Waals surface area (Å²) in [6, 6.07) is 10.3. The molecule has 3 aromatic rings. The minimum atomic E-state index is -0.758. The first-order chi connectivity index (χ1) is 14.5. The van der Waals surface area contributed by atoms with Gasteiger partial charge in [0.15, 0.2) is 10.9 Å². The smallest absolute Gasteiger partial charge is 0.260 e. The van der Waals surface area contributed by atoms with E-state index >= 15 is 0 Å². The second-order valence-electron chi connectivity index (χ2n) is 6.83. The van der Waals surface area contributed by atoms with Crippen LogP contribution in [0.3, 0.4) is 0 Å². The van der Waals surface area contributed by atoms with Gasteiger partial charge in [-0.1, -0.05) is 11.3 Å². The Balaban J connectivity index is 0.00000272. The van der Waals surface area contributed by atoms with Crippen molar-refractivity contribution >= 4 is 45.0 Å². The fraction of sp³-hybridized carbons (Fsp3) is 0.286. The molecule has 4 rings (SSSR count). The molecule has 0 saturated carbocycles. The van der Waals surface area contributed by atoms with Gasteiger partial charge < -0.3 is 4.74 Å². The lowest BCUT2D eigenvalue weighted by molar-refractivity contribution is 0.0391. The zero-order chi connectivity index (χ0) is 21.1. The number of benzene rings is 2. The number of thiazole rings is 1. The number of nitrogens with zero attached hydrogens (tertiary/aromatic N) is 4. The number of halogens is 3. The minimum absolute atomic E-state index is 0. The first-order valence-corrected chi connectivity index (χ1v) is 10.2. The van der Waals surface area contributed by atoms with Gasteiger partial charge in [-0.3, -0.25) is 14.6 Å². The average Bonchev–Trinajstić information content (AvgIpc) is 3.18. The van der Waals surface area contributed by atoms with Gasteiger partial charge >= 0.3 is 0 Å². The Morgan fingerprint density at radius 1 is 1.23 bits per heavy atom. The number of carbonyl (C=O) groups is 1. The molecule has 2 aromatic carbocycles. The number of hydrogen-bond acceptors (Lipinski definition) is 6. The molecule has 1 fully saturated rings. The summed E-state index contributed by atoms with van der Waals surface area (Å²) in [5, 5.41) is 9.28. The molecule has 1 amide bonds. The predicted molar refractivity (Wildman–Crippen MR) is 117 cm³/mol. The average molecular weight is 465 g/mol. The third kappa shape index (κ3) is 5.17. The van der Waals surface area contributed by atoms with Crippen molar-refractivity contribution < 1.29 is 18.3 Å². The van der Waals surface area contributed by atoms with Crippen molar-refractivity contribution in [2.75, 3.05) is 44.3 Å². The Kier molecular flexibility index (Phi) is 7.51. The molecule has 1 aliphatic rings. The number of anilines is 1. The lowest BCUT2D eigenvalue weighted by Gasteiger charge is -2.29. The summed E-state index contributed by atoms with van der Waals surface area (Å²) >= 11 is 1.07. The van der Waals surface area contributed by atoms with Crippen LogP contribution in [0, 0.1) is 23.0 Å². The summed E-state index contributed by atoms with van der Waals surface area (Å²) < 4.78 is 33.5. The summed E-state index contributed by atoms with van der Waals surface area (Å²) in [7, 11) is 0. The normalized spacial score (nSPS) is 14.1. The highest BCUT2D eigenvalue weighted by Crippen LogP contribution is 2.32. The van der Waals surface area contributed by atoms with Crippen molar-refractivity contribution in [3.63, 3.8) is 0 Å². The van der Waals surface area contributed by atoms with Gasteiger partial charge in [0, 0.05) is 37.8 Å². The first-order valence-electron chi connectivity index (χ1n) is 9.43. The first kappa shape index (κ1) is 23.0. The van der Waals surface area contributed by atoms with Crippen LogP contribution in [0.15, 0.2) is 36.4 Å². The third-order valence-corrected chi connectivity index (χ3v) is 5.91. The highest BCUT2D eigenvalue weighted by atomic mass is 35.5. The lowest BCUT2D eigenvalue weighted by Crippen LogP contribution is -2.43. The highest BCUT2D eigenvalue weighted by Gasteiger charge is 2.24. The van der Waals surface area contributed by atoms with E-state index in [1.54, 1.807) is 24.3 Å². The number of hydrogen-bond donors (Lipinski definition) is 0. The topological polar surface area (TPSA) is 69.5 Å². The summed E-state index contributed by atoms with van der Waals surface area (Å²) in [5.41, 5.74) is 0.881. The molecule has 2 heterocycles. The van der Waals surface area contributed by atoms with Gasteiger partial charge in [-0.25, -0.2) is 13.8 Å². The van der Waals surface area contributed by atoms with E-state index in [1.807, 2.05) is 6.07 Å². The van der Waals surface area contributed by atoms with E-state index in [2.05, 4.69) is 9.88 Å². The molecule has 6 nitrogen and oxygen atoms in total. The van der Waals surface area contributed by atoms with Crippen molar-refractivity contribution in [2.24, 2.45) is 0 Å². The fourth-order valence-electron chi connectivity index (χ4n) is 3.25. The number of amides is 1. The molecule has 1 saturated heterocycles. The van der Waals surface area contributed by atoms with Crippen LogP contribution in [-0.4, -0.2) is 55.2 Å². The van der Waals surface area contributed by atoms with Crippen LogP contribution in [0.2, 0.25) is 0 Å². The molecule has 0 atom stereocenters. The van der Waals surface area contributed by atoms with Crippen LogP contribution in [-0.2, 0) is 4.74 Å². The molecule has 0 N–H and O–H groups in total. The van der Waals surface area contributed by atoms with Crippen LogP contribution in [0.4, 0.5) is 13.9 Å². The maximum atomic E-state index is 14.2. The molecule has 0 unspecified atom stereocenters. The monoisotopic (exact) mass is 464 g/mol. The molecule has 162 valence electrons. The van der Waals surface area contributed by atoms with Gasteiger partial charge in [0.05, 0.1) is 29.5 Å². The van der Waals surface area contributed by atoms with Gasteiger partial charge in [-0.15, -0.1) is 12.4 Å². The second kappa shape index (κ2) is 10.1. The van der Waals surface area contributed by atoms with Gasteiger partial charge in [-0.05, 0) is 30.3 Å². The Labute approximate surface area is 188 Å². The molecule has 0 aliphatic carbocycles. The number of carbonyl (C=O) groups excluding carboxylic acids is 1. The van der Waals surface area contributed by atoms with E-state index in [0.717, 1.165) is 30.5 Å². The summed E-state index contributed by atoms with van der Waals surface area (Å²) in [6.07, 6.45) is 0. The van der Waals surface area contributed by atoms with Crippen molar-refractivity contribution in [3.8, 4) is 6.07 Å². The van der Waals surface area contributed by atoms with E-state index in [1.165, 1.54) is 11.0 Å². The van der Waals surface area contributed by atoms with Crippen molar-refractivity contribution in [2.45, 2.75) is 0 Å². The Hall–Kier alpha value is -2.64. The van der Waals surface area contributed by atoms with Crippen molar-refractivity contribution in [1.82, 2.24) is 9.88 Å². The zero-order valence-electron chi connectivity index (χ0n) is 16.4. The molecule has 1 aromatic heterocycles. The number of aromatic nitrogens is 1. The number of rotatable bonds is 5. The third-order valence-electron chi connectivity index (χ3n) is 4.88. The molecule has 0 spiro atoms. The van der Waals surface area contributed by atoms with E-state index in [0.29, 0.717) is 47.3 Å². The molecule has 1 aliphatic heterocycles. The van der Waals surface area contributed by atoms with Gasteiger partial charge in [0.1, 0.15) is 11.3 Å². The van der Waals surface area contributed by atoms with E-state index in [-0.39, 0.29) is 23.8 Å². The fourth-order valence-corrected chi connectivity index (χ4v) is 4.28. The maximum absolute atomic E-state index is 14.2. The summed E-state index contributed by atoms with van der Waals surface area (Å²) in [4.78, 5) is 21.2. The van der Waals surface area contributed by atoms with Crippen LogP contribution < -0.4 is 4.90 Å². The predicted octanol–water partition coefficient (Wildman–Crippen LogP) is 3.85. The molecular formula is C21H19ClF2N4O2S. The Morgan fingerprint density at radius 3 is 2.61 bits per heavy atom. The van der Waals surface area contributed by atoms with E-state index < -0.39 is 11.6 Å². The van der Waals surface area contributed by atoms with Crippen LogP contribution in [0.5, 0.6) is 0 Å². The number of nitriles is 1. The van der Waals surface area contributed by atoms with Gasteiger partial charge in [0.2, 0.25) is 0 Å². The SMILES string of the molecule is Cl.N#Cc1ccc(C(=O)N(CCN2CCOCC2)c2nc3c(F)cc(F)cc3s2)cc1. The minimum Gasteiger partial charge on any atom is -0.379 e. The number of fused-ring (bicyclic) bond motifs is 1. The quantitative estimate of drug-likeness (QED) is 0.573. The van der Waals surface area contributed by atoms with Gasteiger partial charge in [0.25, 0.3) is 5.91 Å². The number of morpholine rings is 1. The molecule has 31 heavy (non-hydrogen) atoms. The van der Waals surface area contributed by atoms with Crippen molar-refractivity contribution in [3.05, 3.63) is 59.2 Å². The van der Waals surface area contributed by atoms with E-state index in [9.17, 15) is 13.6 Å². The Morgan fingerprint density at radius 2 is 1.94 bits per heavy atom. The van der Waals surface area contributed by atoms with E-state index in [4.69, 9.17) is 10.00 Å². The largest absolute Gasteiger partial charge is 0.379 e. The van der Waals surface area contributed by atoms with Gasteiger partial charge in [-0.2, -0.15) is 5.26 Å². The van der Waals surface area contributed by atoms with Crippen molar-refractivity contribution in [1.29, 1.82) is 5.26 Å². The number of ether oxygens (including phenoxy) is 1. The highest BCUT2D eigenvalue weighted by molar-refractivity contribution is 7.22. The Bertz CT molecular complexity index is 1110. The second-order valence-corrected chi connectivity index (χ2v) is 7.84. The standard InChI is InChI=1S/C21H18F2N4O2S.ClH/c22-16-11-17(23)19-18(12-16)30-21(25-19)27(6-5-26-7-9-29-10-8-26)20(28)15-3-1-14(13-24)2-4-15;/h1-4,11-12H,5-10H2;1H. The van der Waals surface area contributed by atoms with Crippen LogP contribution in [0.1, 0.15) is 15.9 Å². The molecule has 10 heteroatoms. The lowest BCUT2D eigenvalue weighted by atomic mass is 10.1. The maximum Gasteiger partial charge on any atom is 0.260 e. The summed E-state index contributed by atoms with van der Waals surface area (Å²) in [6.45, 7) is 3.72. The zero-order valence-corrected chi connectivity index (χ0v) is 18.0. The molecular weight excluding hydrogens is 446 g/mol. The summed E-state index contributed by atoms with van der Waals surface area (Å²) in [5.74, 6) is -1.76. The van der Waals surface area contributed by atoms with Crippen LogP contribution in [0.25, 0.3) is 10.2 Å².